The van der Waals surface area contributed by atoms with Crippen LogP contribution >= 0.6 is 0 Å². The number of carboxylic acid groups (broad SMARTS) is 1. The van der Waals surface area contributed by atoms with Gasteiger partial charge in [-0.2, -0.15) is 0 Å². The van der Waals surface area contributed by atoms with Crippen LogP contribution in [-0.4, -0.2) is 24.1 Å². The molecule has 1 fully saturated rings. The smallest absolute Gasteiger partial charge is 0.335 e. The summed E-state index contributed by atoms with van der Waals surface area (Å²) >= 11 is 0. The van der Waals surface area contributed by atoms with Crippen LogP contribution in [0.4, 0.5) is 5.69 Å². The molecule has 0 spiro atoms. The van der Waals surface area contributed by atoms with Crippen molar-refractivity contribution < 1.29 is 19.4 Å². The highest BCUT2D eigenvalue weighted by Crippen LogP contribution is 2.37. The van der Waals surface area contributed by atoms with Gasteiger partial charge in [0.1, 0.15) is 5.75 Å². The molecule has 1 aromatic carbocycles. The third-order valence-electron chi connectivity index (χ3n) is 3.45. The largest absolute Gasteiger partial charge is 0.495 e. The highest BCUT2D eigenvalue weighted by molar-refractivity contribution is 5.96. The Morgan fingerprint density at radius 3 is 2.63 bits per heavy atom. The second-order valence-electron chi connectivity index (χ2n) is 4.84. The predicted octanol–water partition coefficient (Wildman–Crippen LogP) is 2.38. The van der Waals surface area contributed by atoms with E-state index >= 15 is 0 Å². The summed E-state index contributed by atoms with van der Waals surface area (Å²) < 4.78 is 5.13. The number of hydrogen-bond acceptors (Lipinski definition) is 3. The number of carbonyl (C=O) groups excluding carboxylic acids is 1. The van der Waals surface area contributed by atoms with Crippen LogP contribution < -0.4 is 10.1 Å². The van der Waals surface area contributed by atoms with Gasteiger partial charge in [0.15, 0.2) is 0 Å². The van der Waals surface area contributed by atoms with Gasteiger partial charge in [-0.1, -0.05) is 6.92 Å². The standard InChI is InChI=1S/C14H17NO4/c1-8(9-3-4-9)13(16)15-11-7-10(14(17)18)5-6-12(11)19-2/h5-9H,3-4H2,1-2H3,(H,15,16)(H,17,18). The molecular formula is C14H17NO4. The monoisotopic (exact) mass is 263 g/mol. The Bertz CT molecular complexity index is 508. The van der Waals surface area contributed by atoms with Crippen molar-refractivity contribution >= 4 is 17.6 Å². The number of methoxy groups -OCH3 is 1. The van der Waals surface area contributed by atoms with Crippen LogP contribution in [0.2, 0.25) is 0 Å². The van der Waals surface area contributed by atoms with Crippen molar-refractivity contribution in [1.29, 1.82) is 0 Å². The third-order valence-corrected chi connectivity index (χ3v) is 3.45. The first-order chi connectivity index (χ1) is 9.02. The Labute approximate surface area is 111 Å². The van der Waals surface area contributed by atoms with Crippen molar-refractivity contribution in [3.05, 3.63) is 23.8 Å². The maximum Gasteiger partial charge on any atom is 0.335 e. The molecule has 1 atom stereocenters. The molecule has 2 rings (SSSR count). The molecule has 1 amide bonds. The van der Waals surface area contributed by atoms with Crippen LogP contribution in [0.5, 0.6) is 5.75 Å². The summed E-state index contributed by atoms with van der Waals surface area (Å²) in [5.41, 5.74) is 0.523. The van der Waals surface area contributed by atoms with Gasteiger partial charge in [0.2, 0.25) is 5.91 Å². The van der Waals surface area contributed by atoms with Crippen LogP contribution in [0.25, 0.3) is 0 Å². The van der Waals surface area contributed by atoms with Crippen molar-refractivity contribution in [2.45, 2.75) is 19.8 Å². The first-order valence-corrected chi connectivity index (χ1v) is 6.25. The van der Waals surface area contributed by atoms with Gasteiger partial charge < -0.3 is 15.2 Å². The summed E-state index contributed by atoms with van der Waals surface area (Å²) in [5.74, 6) is -0.273. The summed E-state index contributed by atoms with van der Waals surface area (Å²) in [4.78, 5) is 23.0. The third kappa shape index (κ3) is 3.05. The fourth-order valence-corrected chi connectivity index (χ4v) is 2.00. The first kappa shape index (κ1) is 13.4. The fraction of sp³-hybridized carbons (Fsp3) is 0.429. The molecule has 0 bridgehead atoms. The molecular weight excluding hydrogens is 246 g/mol. The Kier molecular flexibility index (Phi) is 3.74. The van der Waals surface area contributed by atoms with Crippen molar-refractivity contribution in [1.82, 2.24) is 0 Å². The Hall–Kier alpha value is -2.04. The molecule has 0 aromatic heterocycles. The highest BCUT2D eigenvalue weighted by Gasteiger charge is 2.32. The minimum atomic E-state index is -1.03. The maximum absolute atomic E-state index is 12.0. The lowest BCUT2D eigenvalue weighted by Gasteiger charge is -2.14. The molecule has 5 nitrogen and oxygen atoms in total. The molecule has 1 aromatic rings. The molecule has 2 N–H and O–H groups in total. The number of benzene rings is 1. The Morgan fingerprint density at radius 1 is 1.42 bits per heavy atom. The minimum Gasteiger partial charge on any atom is -0.495 e. The van der Waals surface area contributed by atoms with Gasteiger partial charge in [-0.05, 0) is 37.0 Å². The zero-order valence-electron chi connectivity index (χ0n) is 11.0. The second-order valence-corrected chi connectivity index (χ2v) is 4.84. The molecule has 0 heterocycles. The molecule has 0 radical (unpaired) electrons. The zero-order chi connectivity index (χ0) is 14.0. The summed E-state index contributed by atoms with van der Waals surface area (Å²) in [5, 5.41) is 11.7. The van der Waals surface area contributed by atoms with E-state index in [1.165, 1.54) is 19.2 Å². The minimum absolute atomic E-state index is 0.0572. The number of amides is 1. The van der Waals surface area contributed by atoms with Crippen molar-refractivity contribution in [3.63, 3.8) is 0 Å². The lowest BCUT2D eigenvalue weighted by molar-refractivity contribution is -0.119. The van der Waals surface area contributed by atoms with Gasteiger partial charge in [-0.15, -0.1) is 0 Å². The van der Waals surface area contributed by atoms with Crippen LogP contribution in [-0.2, 0) is 4.79 Å². The average molecular weight is 263 g/mol. The number of hydrogen-bond donors (Lipinski definition) is 2. The van der Waals surface area contributed by atoms with E-state index in [1.807, 2.05) is 6.92 Å². The number of carboxylic acids is 1. The number of aromatic carboxylic acids is 1. The summed E-state index contributed by atoms with van der Waals surface area (Å²) in [7, 11) is 1.48. The normalized spacial score (nSPS) is 15.7. The Morgan fingerprint density at radius 2 is 2.11 bits per heavy atom. The number of anilines is 1. The van der Waals surface area contributed by atoms with Crippen LogP contribution in [0.1, 0.15) is 30.1 Å². The van der Waals surface area contributed by atoms with E-state index < -0.39 is 5.97 Å². The molecule has 1 unspecified atom stereocenters. The molecule has 0 saturated heterocycles. The van der Waals surface area contributed by atoms with Crippen molar-refractivity contribution in [3.8, 4) is 5.75 Å². The van der Waals surface area contributed by atoms with Crippen LogP contribution in [0.15, 0.2) is 18.2 Å². The molecule has 1 aliphatic carbocycles. The van der Waals surface area contributed by atoms with Gasteiger partial charge >= 0.3 is 5.97 Å². The quantitative estimate of drug-likeness (QED) is 0.855. The SMILES string of the molecule is COc1ccc(C(=O)O)cc1NC(=O)C(C)C1CC1. The van der Waals surface area contributed by atoms with Crippen LogP contribution in [0.3, 0.4) is 0 Å². The summed E-state index contributed by atoms with van der Waals surface area (Å²) in [6.07, 6.45) is 2.17. The number of carbonyl (C=O) groups is 2. The van der Waals surface area contributed by atoms with E-state index in [2.05, 4.69) is 5.32 Å². The second kappa shape index (κ2) is 5.30. The van der Waals surface area contributed by atoms with Gasteiger partial charge in [-0.3, -0.25) is 4.79 Å². The van der Waals surface area contributed by atoms with Gasteiger partial charge in [0.05, 0.1) is 18.4 Å². The van der Waals surface area contributed by atoms with E-state index in [-0.39, 0.29) is 17.4 Å². The van der Waals surface area contributed by atoms with E-state index in [0.717, 1.165) is 12.8 Å². The fourth-order valence-electron chi connectivity index (χ4n) is 2.00. The van der Waals surface area contributed by atoms with Gasteiger partial charge in [-0.25, -0.2) is 4.79 Å². The predicted molar refractivity (Wildman–Crippen MR) is 70.5 cm³/mol. The lowest BCUT2D eigenvalue weighted by atomic mass is 10.1. The lowest BCUT2D eigenvalue weighted by Crippen LogP contribution is -2.22. The number of nitrogens with one attached hydrogen (secondary N) is 1. The number of ether oxygens (including phenoxy) is 1. The zero-order valence-corrected chi connectivity index (χ0v) is 11.0. The highest BCUT2D eigenvalue weighted by atomic mass is 16.5. The van der Waals surface area contributed by atoms with Gasteiger partial charge in [0, 0.05) is 5.92 Å². The molecule has 19 heavy (non-hydrogen) atoms. The van der Waals surface area contributed by atoms with Crippen molar-refractivity contribution in [2.75, 3.05) is 12.4 Å². The molecule has 1 aliphatic rings. The summed E-state index contributed by atoms with van der Waals surface area (Å²) in [6.45, 7) is 1.89. The Balaban J connectivity index is 2.19. The maximum atomic E-state index is 12.0. The number of rotatable bonds is 5. The van der Waals surface area contributed by atoms with E-state index in [9.17, 15) is 9.59 Å². The molecule has 0 aliphatic heterocycles. The topological polar surface area (TPSA) is 75.6 Å². The average Bonchev–Trinajstić information content (AvgIpc) is 3.21. The van der Waals surface area contributed by atoms with Gasteiger partial charge in [0.25, 0.3) is 0 Å². The molecule has 5 heteroatoms. The summed E-state index contributed by atoms with van der Waals surface area (Å²) in [6, 6.07) is 4.40. The molecule has 1 saturated carbocycles. The van der Waals surface area contributed by atoms with E-state index in [0.29, 0.717) is 17.4 Å². The van der Waals surface area contributed by atoms with Crippen molar-refractivity contribution in [2.24, 2.45) is 11.8 Å². The van der Waals surface area contributed by atoms with E-state index in [4.69, 9.17) is 9.84 Å². The van der Waals surface area contributed by atoms with E-state index in [1.54, 1.807) is 6.07 Å². The molecule has 102 valence electrons. The first-order valence-electron chi connectivity index (χ1n) is 6.25. The van der Waals surface area contributed by atoms with Crippen LogP contribution in [0, 0.1) is 11.8 Å².